The van der Waals surface area contributed by atoms with Gasteiger partial charge in [-0.3, -0.25) is 4.79 Å². The van der Waals surface area contributed by atoms with Gasteiger partial charge in [-0.25, -0.2) is 0 Å². The molecule has 0 aliphatic carbocycles. The van der Waals surface area contributed by atoms with E-state index in [4.69, 9.17) is 13.9 Å². The summed E-state index contributed by atoms with van der Waals surface area (Å²) >= 11 is 0. The minimum Gasteiger partial charge on any atom is -0.488 e. The Kier molecular flexibility index (Phi) is 5.74. The summed E-state index contributed by atoms with van der Waals surface area (Å²) in [5.74, 6) is 1.40. The van der Waals surface area contributed by atoms with Crippen LogP contribution in [-0.2, 0) is 13.0 Å². The molecule has 0 saturated heterocycles. The Morgan fingerprint density at radius 2 is 1.76 bits per heavy atom. The SMILES string of the molecule is CCCc1ccc(-c2coc3c4c(ccc3c2=O)OC(C)(C)C=C4)c(OCc2ccccc2)c1. The number of hydrogen-bond acceptors (Lipinski definition) is 4. The Morgan fingerprint density at radius 1 is 0.941 bits per heavy atom. The first kappa shape index (κ1) is 22.0. The monoisotopic (exact) mass is 452 g/mol. The average Bonchev–Trinajstić information content (AvgIpc) is 2.83. The van der Waals surface area contributed by atoms with E-state index < -0.39 is 5.60 Å². The lowest BCUT2D eigenvalue weighted by molar-refractivity contribution is 0.159. The molecule has 0 radical (unpaired) electrons. The predicted molar refractivity (Wildman–Crippen MR) is 136 cm³/mol. The van der Waals surface area contributed by atoms with Crippen molar-refractivity contribution in [2.24, 2.45) is 0 Å². The van der Waals surface area contributed by atoms with Crippen molar-refractivity contribution in [3.8, 4) is 22.6 Å². The van der Waals surface area contributed by atoms with Gasteiger partial charge in [-0.15, -0.1) is 0 Å². The molecule has 172 valence electrons. The summed E-state index contributed by atoms with van der Waals surface area (Å²) in [6.07, 6.45) is 7.47. The predicted octanol–water partition coefficient (Wildman–Crippen LogP) is 7.18. The molecule has 4 heteroatoms. The standard InChI is InChI=1S/C30H28O4/c1-4-8-20-11-12-22(27(17-20)32-18-21-9-6-5-7-10-21)25-19-33-29-23-15-16-30(2,3)34-26(23)14-13-24(29)28(25)31/h5-7,9-17,19H,4,8,18H2,1-3H3. The van der Waals surface area contributed by atoms with Gasteiger partial charge in [0.15, 0.2) is 0 Å². The van der Waals surface area contributed by atoms with Crippen molar-refractivity contribution < 1.29 is 13.9 Å². The smallest absolute Gasteiger partial charge is 0.200 e. The lowest BCUT2D eigenvalue weighted by Crippen LogP contribution is -2.27. The van der Waals surface area contributed by atoms with E-state index in [-0.39, 0.29) is 5.43 Å². The molecule has 0 bridgehead atoms. The second-order valence-electron chi connectivity index (χ2n) is 9.23. The van der Waals surface area contributed by atoms with E-state index in [2.05, 4.69) is 13.0 Å². The van der Waals surface area contributed by atoms with Gasteiger partial charge in [0, 0.05) is 5.56 Å². The van der Waals surface area contributed by atoms with E-state index in [1.165, 1.54) is 5.56 Å². The van der Waals surface area contributed by atoms with Gasteiger partial charge in [0.25, 0.3) is 0 Å². The molecule has 0 saturated carbocycles. The number of aryl methyl sites for hydroxylation is 1. The average molecular weight is 453 g/mol. The van der Waals surface area contributed by atoms with Gasteiger partial charge in [-0.05, 0) is 61.7 Å². The topological polar surface area (TPSA) is 48.7 Å². The molecule has 0 amide bonds. The van der Waals surface area contributed by atoms with Gasteiger partial charge in [0.1, 0.15) is 35.6 Å². The molecule has 34 heavy (non-hydrogen) atoms. The summed E-state index contributed by atoms with van der Waals surface area (Å²) in [4.78, 5) is 13.6. The molecule has 1 aliphatic heterocycles. The van der Waals surface area contributed by atoms with Crippen LogP contribution < -0.4 is 14.9 Å². The summed E-state index contributed by atoms with van der Waals surface area (Å²) in [5.41, 5.74) is 4.31. The second-order valence-corrected chi connectivity index (χ2v) is 9.23. The van der Waals surface area contributed by atoms with Crippen LogP contribution in [0.4, 0.5) is 0 Å². The lowest BCUT2D eigenvalue weighted by atomic mass is 9.98. The van der Waals surface area contributed by atoms with Gasteiger partial charge < -0.3 is 13.9 Å². The van der Waals surface area contributed by atoms with Crippen LogP contribution in [0.3, 0.4) is 0 Å². The Morgan fingerprint density at radius 3 is 2.56 bits per heavy atom. The first-order chi connectivity index (χ1) is 16.4. The van der Waals surface area contributed by atoms with Gasteiger partial charge in [0.05, 0.1) is 16.5 Å². The third kappa shape index (κ3) is 4.24. The Bertz CT molecular complexity index is 1430. The molecule has 5 rings (SSSR count). The van der Waals surface area contributed by atoms with Crippen molar-refractivity contribution in [2.75, 3.05) is 0 Å². The molecule has 1 aliphatic rings. The zero-order valence-electron chi connectivity index (χ0n) is 19.8. The molecule has 0 fully saturated rings. The van der Waals surface area contributed by atoms with E-state index in [0.717, 1.165) is 29.5 Å². The van der Waals surface area contributed by atoms with Crippen molar-refractivity contribution in [1.82, 2.24) is 0 Å². The Balaban J connectivity index is 1.58. The van der Waals surface area contributed by atoms with Crippen LogP contribution in [0.15, 0.2) is 82.2 Å². The van der Waals surface area contributed by atoms with Crippen molar-refractivity contribution in [2.45, 2.75) is 45.8 Å². The number of hydrogen-bond donors (Lipinski definition) is 0. The van der Waals surface area contributed by atoms with Crippen LogP contribution in [0.1, 0.15) is 43.9 Å². The molecule has 0 unspecified atom stereocenters. The lowest BCUT2D eigenvalue weighted by Gasteiger charge is -2.27. The third-order valence-electron chi connectivity index (χ3n) is 6.08. The molecule has 1 aromatic heterocycles. The summed E-state index contributed by atoms with van der Waals surface area (Å²) in [5, 5.41) is 0.524. The number of benzene rings is 3. The Hall–Kier alpha value is -3.79. The minimum atomic E-state index is -0.397. The zero-order chi connectivity index (χ0) is 23.7. The highest BCUT2D eigenvalue weighted by atomic mass is 16.5. The Labute approximate surface area is 199 Å². The molecule has 0 N–H and O–H groups in total. The first-order valence-corrected chi connectivity index (χ1v) is 11.7. The maximum absolute atomic E-state index is 13.6. The van der Waals surface area contributed by atoms with Crippen molar-refractivity contribution in [1.29, 1.82) is 0 Å². The quantitative estimate of drug-likeness (QED) is 0.311. The molecule has 0 atom stereocenters. The van der Waals surface area contributed by atoms with Crippen LogP contribution in [0, 0.1) is 0 Å². The summed E-state index contributed by atoms with van der Waals surface area (Å²) < 4.78 is 18.3. The second kappa shape index (κ2) is 8.86. The first-order valence-electron chi connectivity index (χ1n) is 11.7. The molecule has 3 aromatic carbocycles. The molecule has 4 nitrogen and oxygen atoms in total. The fraction of sp³-hybridized carbons (Fsp3) is 0.233. The van der Waals surface area contributed by atoms with Crippen molar-refractivity contribution in [3.63, 3.8) is 0 Å². The van der Waals surface area contributed by atoms with E-state index in [0.29, 0.717) is 34.6 Å². The number of rotatable bonds is 6. The molecular weight excluding hydrogens is 424 g/mol. The summed E-state index contributed by atoms with van der Waals surface area (Å²) in [6.45, 7) is 6.56. The minimum absolute atomic E-state index is 0.0879. The molecule has 2 heterocycles. The third-order valence-corrected chi connectivity index (χ3v) is 6.08. The van der Waals surface area contributed by atoms with E-state index in [9.17, 15) is 4.79 Å². The van der Waals surface area contributed by atoms with Crippen molar-refractivity contribution >= 4 is 17.0 Å². The van der Waals surface area contributed by atoms with Crippen LogP contribution in [0.5, 0.6) is 11.5 Å². The van der Waals surface area contributed by atoms with Crippen LogP contribution >= 0.6 is 0 Å². The normalized spacial score (nSPS) is 14.0. The van der Waals surface area contributed by atoms with E-state index in [1.807, 2.05) is 74.5 Å². The largest absolute Gasteiger partial charge is 0.488 e. The van der Waals surface area contributed by atoms with Gasteiger partial charge in [-0.1, -0.05) is 55.8 Å². The number of fused-ring (bicyclic) bond motifs is 3. The highest BCUT2D eigenvalue weighted by Gasteiger charge is 2.25. The van der Waals surface area contributed by atoms with E-state index in [1.54, 1.807) is 12.3 Å². The maximum Gasteiger partial charge on any atom is 0.200 e. The fourth-order valence-corrected chi connectivity index (χ4v) is 4.33. The highest BCUT2D eigenvalue weighted by molar-refractivity contribution is 5.91. The summed E-state index contributed by atoms with van der Waals surface area (Å²) in [6, 6.07) is 19.7. The van der Waals surface area contributed by atoms with Crippen LogP contribution in [0.2, 0.25) is 0 Å². The van der Waals surface area contributed by atoms with Crippen LogP contribution in [0.25, 0.3) is 28.2 Å². The fourth-order valence-electron chi connectivity index (χ4n) is 4.33. The molecule has 0 spiro atoms. The summed E-state index contributed by atoms with van der Waals surface area (Å²) in [7, 11) is 0. The number of ether oxygens (including phenoxy) is 2. The zero-order valence-corrected chi connectivity index (χ0v) is 19.8. The molecule has 4 aromatic rings. The highest BCUT2D eigenvalue weighted by Crippen LogP contribution is 2.37. The maximum atomic E-state index is 13.6. The van der Waals surface area contributed by atoms with Crippen molar-refractivity contribution in [3.05, 3.63) is 99.9 Å². The van der Waals surface area contributed by atoms with Gasteiger partial charge in [-0.2, -0.15) is 0 Å². The van der Waals surface area contributed by atoms with Gasteiger partial charge >= 0.3 is 0 Å². The van der Waals surface area contributed by atoms with E-state index >= 15 is 0 Å². The molecular formula is C30H28O4. The van der Waals surface area contributed by atoms with Crippen LogP contribution in [-0.4, -0.2) is 5.60 Å². The van der Waals surface area contributed by atoms with Gasteiger partial charge in [0.2, 0.25) is 5.43 Å².